The van der Waals surface area contributed by atoms with Gasteiger partial charge in [-0.25, -0.2) is 9.07 Å². The van der Waals surface area contributed by atoms with Crippen molar-refractivity contribution < 1.29 is 9.18 Å². The van der Waals surface area contributed by atoms with Gasteiger partial charge in [0.05, 0.1) is 12.6 Å². The fraction of sp³-hybridized carbons (Fsp3) is 0.278. The molecule has 3 heterocycles. The zero-order valence-corrected chi connectivity index (χ0v) is 13.6. The maximum atomic E-state index is 14.4. The Kier molecular flexibility index (Phi) is 4.05. The SMILES string of the molecule is O=C(c1ccc(-n2cccn2)c(F)c1)N1CCC[C@@H]1Cn1cccn1. The van der Waals surface area contributed by atoms with Gasteiger partial charge in [-0.2, -0.15) is 10.2 Å². The first-order valence-electron chi connectivity index (χ1n) is 8.30. The van der Waals surface area contributed by atoms with E-state index in [0.717, 1.165) is 12.8 Å². The summed E-state index contributed by atoms with van der Waals surface area (Å²) in [7, 11) is 0. The van der Waals surface area contributed by atoms with Crippen LogP contribution in [-0.4, -0.2) is 43.0 Å². The molecule has 1 saturated heterocycles. The predicted octanol–water partition coefficient (Wildman–Crippen LogP) is 2.51. The number of carbonyl (C=O) groups is 1. The molecule has 2 aromatic heterocycles. The van der Waals surface area contributed by atoms with Gasteiger partial charge in [-0.05, 0) is 43.2 Å². The first kappa shape index (κ1) is 15.6. The number of likely N-dealkylation sites (tertiary alicyclic amines) is 1. The molecular formula is C18H18FN5O. The quantitative estimate of drug-likeness (QED) is 0.734. The number of halogens is 1. The van der Waals surface area contributed by atoms with E-state index in [1.54, 1.807) is 36.8 Å². The van der Waals surface area contributed by atoms with Gasteiger partial charge in [-0.15, -0.1) is 0 Å². The third-order valence-corrected chi connectivity index (χ3v) is 4.54. The number of carbonyl (C=O) groups excluding carboxylic acids is 1. The molecule has 4 rings (SSSR count). The van der Waals surface area contributed by atoms with E-state index in [9.17, 15) is 9.18 Å². The lowest BCUT2D eigenvalue weighted by molar-refractivity contribution is 0.0721. The number of amides is 1. The predicted molar refractivity (Wildman–Crippen MR) is 89.8 cm³/mol. The number of aromatic nitrogens is 4. The minimum atomic E-state index is -0.461. The van der Waals surface area contributed by atoms with Gasteiger partial charge in [0.1, 0.15) is 11.5 Å². The lowest BCUT2D eigenvalue weighted by atomic mass is 10.1. The third-order valence-electron chi connectivity index (χ3n) is 4.54. The minimum Gasteiger partial charge on any atom is -0.334 e. The molecule has 25 heavy (non-hydrogen) atoms. The zero-order chi connectivity index (χ0) is 17.2. The molecular weight excluding hydrogens is 321 g/mol. The molecule has 1 aromatic carbocycles. The highest BCUT2D eigenvalue weighted by Crippen LogP contribution is 2.23. The van der Waals surface area contributed by atoms with Crippen molar-refractivity contribution in [1.82, 2.24) is 24.5 Å². The van der Waals surface area contributed by atoms with Crippen LogP contribution in [0.1, 0.15) is 23.2 Å². The summed E-state index contributed by atoms with van der Waals surface area (Å²) in [5.74, 6) is -0.599. The van der Waals surface area contributed by atoms with Crippen molar-refractivity contribution >= 4 is 5.91 Å². The first-order valence-corrected chi connectivity index (χ1v) is 8.30. The highest BCUT2D eigenvalue weighted by atomic mass is 19.1. The van der Waals surface area contributed by atoms with Crippen LogP contribution in [0.15, 0.2) is 55.1 Å². The Labute approximate surface area is 144 Å². The van der Waals surface area contributed by atoms with E-state index in [4.69, 9.17) is 0 Å². The molecule has 1 atom stereocenters. The summed E-state index contributed by atoms with van der Waals surface area (Å²) in [5.41, 5.74) is 0.692. The van der Waals surface area contributed by atoms with Gasteiger partial charge in [0.25, 0.3) is 5.91 Å². The molecule has 0 radical (unpaired) electrons. The Morgan fingerprint density at radius 1 is 1.20 bits per heavy atom. The van der Waals surface area contributed by atoms with E-state index in [0.29, 0.717) is 24.3 Å². The smallest absolute Gasteiger partial charge is 0.254 e. The maximum absolute atomic E-state index is 14.4. The molecule has 0 unspecified atom stereocenters. The Morgan fingerprint density at radius 3 is 2.76 bits per heavy atom. The second kappa shape index (κ2) is 6.51. The number of hydrogen-bond acceptors (Lipinski definition) is 3. The van der Waals surface area contributed by atoms with Crippen LogP contribution in [0.25, 0.3) is 5.69 Å². The molecule has 0 spiro atoms. The second-order valence-electron chi connectivity index (χ2n) is 6.14. The first-order chi connectivity index (χ1) is 12.2. The van der Waals surface area contributed by atoms with Crippen molar-refractivity contribution in [3.05, 3.63) is 66.5 Å². The molecule has 3 aromatic rings. The average molecular weight is 339 g/mol. The second-order valence-corrected chi connectivity index (χ2v) is 6.14. The van der Waals surface area contributed by atoms with Crippen LogP contribution in [-0.2, 0) is 6.54 Å². The van der Waals surface area contributed by atoms with E-state index in [1.165, 1.54) is 10.7 Å². The van der Waals surface area contributed by atoms with Crippen LogP contribution in [0.2, 0.25) is 0 Å². The molecule has 128 valence electrons. The van der Waals surface area contributed by atoms with Gasteiger partial charge in [0.15, 0.2) is 0 Å². The van der Waals surface area contributed by atoms with Gasteiger partial charge < -0.3 is 4.90 Å². The summed E-state index contributed by atoms with van der Waals surface area (Å²) in [5, 5.41) is 8.23. The Balaban J connectivity index is 1.54. The summed E-state index contributed by atoms with van der Waals surface area (Å²) < 4.78 is 17.7. The van der Waals surface area contributed by atoms with E-state index >= 15 is 0 Å². The largest absolute Gasteiger partial charge is 0.334 e. The molecule has 1 amide bonds. The fourth-order valence-corrected chi connectivity index (χ4v) is 3.32. The summed E-state index contributed by atoms with van der Waals surface area (Å²) >= 11 is 0. The van der Waals surface area contributed by atoms with Crippen molar-refractivity contribution in [1.29, 1.82) is 0 Å². The molecule has 0 bridgehead atoms. The summed E-state index contributed by atoms with van der Waals surface area (Å²) in [4.78, 5) is 14.7. The van der Waals surface area contributed by atoms with Crippen molar-refractivity contribution in [2.45, 2.75) is 25.4 Å². The van der Waals surface area contributed by atoms with E-state index < -0.39 is 5.82 Å². The van der Waals surface area contributed by atoms with Crippen LogP contribution in [0.3, 0.4) is 0 Å². The van der Waals surface area contributed by atoms with Crippen molar-refractivity contribution in [2.75, 3.05) is 6.54 Å². The zero-order valence-electron chi connectivity index (χ0n) is 13.6. The van der Waals surface area contributed by atoms with Gasteiger partial charge in [-0.3, -0.25) is 9.48 Å². The van der Waals surface area contributed by atoms with Gasteiger partial charge in [-0.1, -0.05) is 0 Å². The fourth-order valence-electron chi connectivity index (χ4n) is 3.32. The Hall–Kier alpha value is -2.96. The van der Waals surface area contributed by atoms with Gasteiger partial charge in [0, 0.05) is 36.9 Å². The summed E-state index contributed by atoms with van der Waals surface area (Å²) in [6.45, 7) is 1.35. The molecule has 1 fully saturated rings. The van der Waals surface area contributed by atoms with Crippen LogP contribution < -0.4 is 0 Å². The normalized spacial score (nSPS) is 17.2. The van der Waals surface area contributed by atoms with Crippen molar-refractivity contribution in [3.63, 3.8) is 0 Å². The highest BCUT2D eigenvalue weighted by molar-refractivity contribution is 5.94. The topological polar surface area (TPSA) is 56.0 Å². The highest BCUT2D eigenvalue weighted by Gasteiger charge is 2.30. The molecule has 1 aliphatic heterocycles. The molecule has 0 N–H and O–H groups in total. The number of rotatable bonds is 4. The van der Waals surface area contributed by atoms with Crippen LogP contribution >= 0.6 is 0 Å². The van der Waals surface area contributed by atoms with Gasteiger partial charge >= 0.3 is 0 Å². The minimum absolute atomic E-state index is 0.0845. The van der Waals surface area contributed by atoms with Crippen molar-refractivity contribution in [3.8, 4) is 5.69 Å². The molecule has 1 aliphatic rings. The number of nitrogens with zero attached hydrogens (tertiary/aromatic N) is 5. The third kappa shape index (κ3) is 3.05. The van der Waals surface area contributed by atoms with Crippen LogP contribution in [0.5, 0.6) is 0 Å². The monoisotopic (exact) mass is 339 g/mol. The maximum Gasteiger partial charge on any atom is 0.254 e. The van der Waals surface area contributed by atoms with Crippen LogP contribution in [0.4, 0.5) is 4.39 Å². The lowest BCUT2D eigenvalue weighted by Gasteiger charge is -2.25. The van der Waals surface area contributed by atoms with E-state index in [1.807, 2.05) is 21.8 Å². The van der Waals surface area contributed by atoms with E-state index in [-0.39, 0.29) is 11.9 Å². The Bertz CT molecular complexity index is 860. The molecule has 0 aliphatic carbocycles. The molecule has 0 saturated carbocycles. The van der Waals surface area contributed by atoms with Gasteiger partial charge in [0.2, 0.25) is 0 Å². The Morgan fingerprint density at radius 2 is 2.04 bits per heavy atom. The lowest BCUT2D eigenvalue weighted by Crippen LogP contribution is -2.38. The van der Waals surface area contributed by atoms with Crippen molar-refractivity contribution in [2.24, 2.45) is 0 Å². The number of benzene rings is 1. The summed E-state index contributed by atoms with van der Waals surface area (Å²) in [6.07, 6.45) is 8.75. The summed E-state index contributed by atoms with van der Waals surface area (Å²) in [6, 6.07) is 8.22. The molecule has 7 heteroatoms. The number of hydrogen-bond donors (Lipinski definition) is 0. The van der Waals surface area contributed by atoms with Crippen LogP contribution in [0, 0.1) is 5.82 Å². The average Bonchev–Trinajstić information content (AvgIpc) is 3.37. The standard InChI is InChI=1S/C18H18FN5O/c19-16-12-14(5-6-17(16)24-11-3-8-21-24)18(25)23-10-1-4-15(23)13-22-9-2-7-20-22/h2-3,5-9,11-12,15H,1,4,10,13H2/t15-/m1/s1. The van der Waals surface area contributed by atoms with E-state index in [2.05, 4.69) is 10.2 Å². The molecule has 6 nitrogen and oxygen atoms in total.